The van der Waals surface area contributed by atoms with E-state index in [9.17, 15) is 24.6 Å². The molecule has 2 N–H and O–H groups in total. The molecule has 0 aromatic heterocycles. The first kappa shape index (κ1) is 24.5. The summed E-state index contributed by atoms with van der Waals surface area (Å²) in [5.74, 6) is -5.92. The molecule has 0 heterocycles. The molecule has 1 atom stereocenters. The molecule has 7 heteroatoms. The Morgan fingerprint density at radius 3 is 1.69 bits per heavy atom. The maximum atomic E-state index is 11.9. The summed E-state index contributed by atoms with van der Waals surface area (Å²) < 4.78 is 9.16. The summed E-state index contributed by atoms with van der Waals surface area (Å²) >= 11 is 0. The standard InChI is InChI=1S/C19H34O7/c1-3-5-7-9-11-13-16(21)25-18(23)19(24,15-20)26-17(22)14-12-10-8-6-4-2/h20,24H,3-15H2,1-2H3. The number of rotatable bonds is 15. The number of esters is 3. The summed E-state index contributed by atoms with van der Waals surface area (Å²) in [6, 6.07) is 0. The lowest BCUT2D eigenvalue weighted by molar-refractivity contribution is -0.236. The molecule has 152 valence electrons. The van der Waals surface area contributed by atoms with Gasteiger partial charge in [-0.05, 0) is 12.8 Å². The van der Waals surface area contributed by atoms with Crippen LogP contribution < -0.4 is 0 Å². The van der Waals surface area contributed by atoms with Gasteiger partial charge in [-0.25, -0.2) is 4.79 Å². The lowest BCUT2D eigenvalue weighted by atomic mass is 10.1. The second-order valence-electron chi connectivity index (χ2n) is 6.51. The van der Waals surface area contributed by atoms with Crippen LogP contribution in [0.25, 0.3) is 0 Å². The van der Waals surface area contributed by atoms with Gasteiger partial charge in [0.05, 0.1) is 0 Å². The second kappa shape index (κ2) is 14.7. The lowest BCUT2D eigenvalue weighted by Crippen LogP contribution is -2.48. The second-order valence-corrected chi connectivity index (χ2v) is 6.51. The van der Waals surface area contributed by atoms with Gasteiger partial charge in [0, 0.05) is 12.8 Å². The van der Waals surface area contributed by atoms with Gasteiger partial charge >= 0.3 is 23.7 Å². The summed E-state index contributed by atoms with van der Waals surface area (Å²) in [6.45, 7) is 2.99. The van der Waals surface area contributed by atoms with Crippen LogP contribution in [-0.2, 0) is 23.9 Å². The molecule has 0 aliphatic carbocycles. The molecule has 0 fully saturated rings. The maximum absolute atomic E-state index is 11.9. The summed E-state index contributed by atoms with van der Waals surface area (Å²) in [5, 5.41) is 19.2. The average Bonchev–Trinajstić information content (AvgIpc) is 2.61. The molecule has 0 bridgehead atoms. The molecule has 0 aliphatic heterocycles. The third kappa shape index (κ3) is 11.2. The van der Waals surface area contributed by atoms with Gasteiger partial charge in [-0.2, -0.15) is 0 Å². The van der Waals surface area contributed by atoms with Gasteiger partial charge in [-0.3, -0.25) is 9.59 Å². The van der Waals surface area contributed by atoms with E-state index in [1.165, 1.54) is 0 Å². The zero-order chi connectivity index (χ0) is 19.8. The fourth-order valence-corrected chi connectivity index (χ4v) is 2.36. The highest BCUT2D eigenvalue weighted by Gasteiger charge is 2.43. The molecule has 0 spiro atoms. The van der Waals surface area contributed by atoms with E-state index < -0.39 is 30.3 Å². The molecule has 0 saturated heterocycles. The van der Waals surface area contributed by atoms with E-state index in [4.69, 9.17) is 0 Å². The third-order valence-corrected chi connectivity index (χ3v) is 3.99. The van der Waals surface area contributed by atoms with E-state index >= 15 is 0 Å². The van der Waals surface area contributed by atoms with Crippen molar-refractivity contribution in [2.45, 2.75) is 96.7 Å². The van der Waals surface area contributed by atoms with E-state index in [1.54, 1.807) is 0 Å². The Hall–Kier alpha value is -1.47. The fraction of sp³-hybridized carbons (Fsp3) is 0.842. The van der Waals surface area contributed by atoms with Crippen LogP contribution in [0.3, 0.4) is 0 Å². The highest BCUT2D eigenvalue weighted by Crippen LogP contribution is 2.14. The summed E-state index contributed by atoms with van der Waals surface area (Å²) in [5.41, 5.74) is 0. The first-order chi connectivity index (χ1) is 12.4. The van der Waals surface area contributed by atoms with Crippen molar-refractivity contribution in [2.75, 3.05) is 6.61 Å². The zero-order valence-corrected chi connectivity index (χ0v) is 16.1. The molecule has 0 amide bonds. The number of hydrogen-bond donors (Lipinski definition) is 2. The van der Waals surface area contributed by atoms with Gasteiger partial charge in [0.1, 0.15) is 6.61 Å². The summed E-state index contributed by atoms with van der Waals surface area (Å²) in [6.07, 6.45) is 9.14. The number of hydrogen-bond acceptors (Lipinski definition) is 7. The molecular formula is C19H34O7. The van der Waals surface area contributed by atoms with Crippen LogP contribution in [0.15, 0.2) is 0 Å². The van der Waals surface area contributed by atoms with E-state index in [0.29, 0.717) is 12.8 Å². The normalized spacial score (nSPS) is 13.1. The molecule has 1 unspecified atom stereocenters. The topological polar surface area (TPSA) is 110 Å². The maximum Gasteiger partial charge on any atom is 0.389 e. The SMILES string of the molecule is CCCCCCCC(=O)OC(=O)C(O)(CO)OC(=O)CCCCCCC. The molecule has 7 nitrogen and oxygen atoms in total. The lowest BCUT2D eigenvalue weighted by Gasteiger charge is -2.22. The smallest absolute Gasteiger partial charge is 0.389 e. The molecule has 0 aliphatic rings. The Balaban J connectivity index is 4.24. The number of carbonyl (C=O) groups is 3. The van der Waals surface area contributed by atoms with Crippen LogP contribution in [0.5, 0.6) is 0 Å². The highest BCUT2D eigenvalue weighted by atomic mass is 16.7. The van der Waals surface area contributed by atoms with Crippen molar-refractivity contribution in [3.8, 4) is 0 Å². The minimum absolute atomic E-state index is 0.0185. The van der Waals surface area contributed by atoms with Crippen molar-refractivity contribution in [3.05, 3.63) is 0 Å². The van der Waals surface area contributed by atoms with E-state index in [-0.39, 0.29) is 12.8 Å². The fourth-order valence-electron chi connectivity index (χ4n) is 2.36. The van der Waals surface area contributed by atoms with Crippen LogP contribution in [0, 0.1) is 0 Å². The summed E-state index contributed by atoms with van der Waals surface area (Å²) in [7, 11) is 0. The Labute approximate surface area is 156 Å². The largest absolute Gasteiger partial charge is 0.419 e. The Kier molecular flexibility index (Phi) is 13.8. The number of aliphatic hydroxyl groups excluding tert-OH is 1. The van der Waals surface area contributed by atoms with Crippen LogP contribution in [0.2, 0.25) is 0 Å². The predicted octanol–water partition coefficient (Wildman–Crippen LogP) is 3.00. The first-order valence-electron chi connectivity index (χ1n) is 9.69. The van der Waals surface area contributed by atoms with Gasteiger partial charge in [-0.15, -0.1) is 0 Å². The molecule has 0 aromatic rings. The van der Waals surface area contributed by atoms with Crippen LogP contribution in [-0.4, -0.2) is 40.5 Å². The molecule has 0 rings (SSSR count). The van der Waals surface area contributed by atoms with E-state index in [0.717, 1.165) is 51.4 Å². The number of unbranched alkanes of at least 4 members (excludes halogenated alkanes) is 8. The van der Waals surface area contributed by atoms with Crippen molar-refractivity contribution in [1.29, 1.82) is 0 Å². The minimum atomic E-state index is -2.83. The number of ether oxygens (including phenoxy) is 2. The third-order valence-electron chi connectivity index (χ3n) is 3.99. The Morgan fingerprint density at radius 2 is 1.23 bits per heavy atom. The minimum Gasteiger partial charge on any atom is -0.419 e. The summed E-state index contributed by atoms with van der Waals surface area (Å²) in [4.78, 5) is 35.2. The van der Waals surface area contributed by atoms with Crippen molar-refractivity contribution in [3.63, 3.8) is 0 Å². The predicted molar refractivity (Wildman–Crippen MR) is 96.0 cm³/mol. The van der Waals surface area contributed by atoms with Gasteiger partial charge in [0.2, 0.25) is 0 Å². The molecule has 26 heavy (non-hydrogen) atoms. The van der Waals surface area contributed by atoms with Crippen LogP contribution in [0.1, 0.15) is 90.9 Å². The van der Waals surface area contributed by atoms with E-state index in [2.05, 4.69) is 23.3 Å². The van der Waals surface area contributed by atoms with Gasteiger partial charge in [0.25, 0.3) is 0 Å². The van der Waals surface area contributed by atoms with Gasteiger partial charge in [0.15, 0.2) is 0 Å². The molecule has 0 radical (unpaired) electrons. The van der Waals surface area contributed by atoms with Gasteiger partial charge < -0.3 is 19.7 Å². The van der Waals surface area contributed by atoms with Crippen molar-refractivity contribution in [1.82, 2.24) is 0 Å². The zero-order valence-electron chi connectivity index (χ0n) is 16.1. The van der Waals surface area contributed by atoms with Crippen LogP contribution >= 0.6 is 0 Å². The Bertz CT molecular complexity index is 422. The quantitative estimate of drug-likeness (QED) is 0.196. The molecule has 0 aromatic carbocycles. The first-order valence-corrected chi connectivity index (χ1v) is 9.69. The van der Waals surface area contributed by atoms with Gasteiger partial charge in [-0.1, -0.05) is 65.2 Å². The number of carbonyl (C=O) groups excluding carboxylic acids is 3. The van der Waals surface area contributed by atoms with Crippen molar-refractivity contribution >= 4 is 17.9 Å². The van der Waals surface area contributed by atoms with E-state index in [1.807, 2.05) is 0 Å². The molecular weight excluding hydrogens is 340 g/mol. The van der Waals surface area contributed by atoms with Crippen molar-refractivity contribution < 1.29 is 34.1 Å². The van der Waals surface area contributed by atoms with Crippen molar-refractivity contribution in [2.24, 2.45) is 0 Å². The molecule has 0 saturated carbocycles. The highest BCUT2D eigenvalue weighted by molar-refractivity contribution is 5.90. The number of aliphatic hydroxyl groups is 2. The average molecular weight is 374 g/mol. The van der Waals surface area contributed by atoms with Crippen LogP contribution in [0.4, 0.5) is 0 Å². The monoisotopic (exact) mass is 374 g/mol. The Morgan fingerprint density at radius 1 is 0.769 bits per heavy atom.